The Hall–Kier alpha value is -0.790. The van der Waals surface area contributed by atoms with Crippen molar-refractivity contribution in [3.8, 4) is 0 Å². The number of ether oxygens (including phenoxy) is 1. The summed E-state index contributed by atoms with van der Waals surface area (Å²) in [5.74, 6) is 1.70. The molecule has 1 saturated heterocycles. The number of nitro groups is 1. The lowest BCUT2D eigenvalue weighted by Crippen LogP contribution is -2.37. The maximum atomic E-state index is 10.7. The van der Waals surface area contributed by atoms with Gasteiger partial charge in [0.25, 0.3) is 6.20 Å². The van der Waals surface area contributed by atoms with Crippen molar-refractivity contribution >= 4 is 11.8 Å². The molecule has 1 heterocycles. The van der Waals surface area contributed by atoms with Crippen LogP contribution in [0, 0.1) is 27.9 Å². The van der Waals surface area contributed by atoms with E-state index in [1.54, 1.807) is 0 Å². The van der Waals surface area contributed by atoms with Gasteiger partial charge in [-0.15, -0.1) is 11.8 Å². The smallest absolute Gasteiger partial charge is 0.264 e. The highest BCUT2D eigenvalue weighted by Gasteiger charge is 2.26. The fourth-order valence-electron chi connectivity index (χ4n) is 3.06. The van der Waals surface area contributed by atoms with Gasteiger partial charge >= 0.3 is 0 Å². The summed E-state index contributed by atoms with van der Waals surface area (Å²) in [5, 5.41) is 11.4. The van der Waals surface area contributed by atoms with Gasteiger partial charge in [-0.2, -0.15) is 0 Å². The molecule has 0 radical (unpaired) electrons. The zero-order valence-corrected chi connectivity index (χ0v) is 15.8. The Morgan fingerprint density at radius 1 is 1.48 bits per heavy atom. The maximum absolute atomic E-state index is 10.7. The number of thioether (sulfide) groups is 1. The lowest BCUT2D eigenvalue weighted by molar-refractivity contribution is -0.403. The van der Waals surface area contributed by atoms with Crippen molar-refractivity contribution in [3.63, 3.8) is 0 Å². The summed E-state index contributed by atoms with van der Waals surface area (Å²) in [6.45, 7) is 12.3. The van der Waals surface area contributed by atoms with E-state index < -0.39 is 0 Å². The van der Waals surface area contributed by atoms with Crippen LogP contribution in [-0.2, 0) is 4.74 Å². The molecule has 7 heteroatoms. The molecular weight excluding hydrogens is 314 g/mol. The predicted molar refractivity (Wildman–Crippen MR) is 96.0 cm³/mol. The largest absolute Gasteiger partial charge is 0.381 e. The minimum absolute atomic E-state index is 0.382. The van der Waals surface area contributed by atoms with Gasteiger partial charge in [-0.25, -0.2) is 0 Å². The number of hydrogen-bond acceptors (Lipinski definition) is 6. The van der Waals surface area contributed by atoms with Crippen molar-refractivity contribution in [2.75, 3.05) is 52.7 Å². The lowest BCUT2D eigenvalue weighted by Gasteiger charge is -2.30. The zero-order valence-electron chi connectivity index (χ0n) is 15.0. The van der Waals surface area contributed by atoms with Crippen LogP contribution in [-0.4, -0.2) is 67.4 Å². The van der Waals surface area contributed by atoms with Crippen molar-refractivity contribution in [3.05, 3.63) is 21.3 Å². The third-order valence-electron chi connectivity index (χ3n) is 4.41. The van der Waals surface area contributed by atoms with Crippen LogP contribution in [0.15, 0.2) is 11.2 Å². The van der Waals surface area contributed by atoms with E-state index in [1.165, 1.54) is 11.8 Å². The van der Waals surface area contributed by atoms with Crippen molar-refractivity contribution in [2.24, 2.45) is 17.8 Å². The van der Waals surface area contributed by atoms with Gasteiger partial charge in [-0.1, -0.05) is 20.8 Å². The average molecular weight is 346 g/mol. The third kappa shape index (κ3) is 7.10. The van der Waals surface area contributed by atoms with Crippen LogP contribution in [0.25, 0.3) is 0 Å². The molecule has 0 aromatic rings. The molecule has 6 nitrogen and oxygen atoms in total. The average Bonchev–Trinajstić information content (AvgIpc) is 2.88. The highest BCUT2D eigenvalue weighted by molar-refractivity contribution is 8.02. The molecule has 23 heavy (non-hydrogen) atoms. The van der Waals surface area contributed by atoms with E-state index >= 15 is 0 Å². The van der Waals surface area contributed by atoms with Gasteiger partial charge in [-0.3, -0.25) is 10.1 Å². The van der Waals surface area contributed by atoms with Gasteiger partial charge in [0, 0.05) is 33.3 Å². The maximum Gasteiger partial charge on any atom is 0.264 e. The van der Waals surface area contributed by atoms with Gasteiger partial charge in [0.1, 0.15) is 5.03 Å². The van der Waals surface area contributed by atoms with Gasteiger partial charge in [0.15, 0.2) is 0 Å². The second-order valence-electron chi connectivity index (χ2n) is 6.57. The monoisotopic (exact) mass is 345 g/mol. The molecule has 0 aromatic heterocycles. The van der Waals surface area contributed by atoms with Crippen molar-refractivity contribution in [1.29, 1.82) is 0 Å². The molecule has 0 aromatic carbocycles. The molecule has 0 N–H and O–H groups in total. The Balaban J connectivity index is 2.49. The highest BCUT2D eigenvalue weighted by atomic mass is 32.2. The molecule has 0 saturated carbocycles. The SMILES string of the molecule is CCN(CC(C)CN(C)C(=C[N+](=O)[O-])SC)CC1COCC1C. The second-order valence-corrected chi connectivity index (χ2v) is 7.40. The van der Waals surface area contributed by atoms with Crippen molar-refractivity contribution in [2.45, 2.75) is 20.8 Å². The minimum Gasteiger partial charge on any atom is -0.381 e. The van der Waals surface area contributed by atoms with Gasteiger partial charge in [0.2, 0.25) is 0 Å². The molecule has 0 amide bonds. The second kappa shape index (κ2) is 10.2. The highest BCUT2D eigenvalue weighted by Crippen LogP contribution is 2.22. The van der Waals surface area contributed by atoms with E-state index in [0.29, 0.717) is 22.8 Å². The molecule has 1 aliphatic rings. The molecule has 1 rings (SSSR count). The summed E-state index contributed by atoms with van der Waals surface area (Å²) < 4.78 is 5.56. The summed E-state index contributed by atoms with van der Waals surface area (Å²) in [6, 6.07) is 0. The Morgan fingerprint density at radius 2 is 2.17 bits per heavy atom. The Labute approximate surface area is 144 Å². The molecule has 0 bridgehead atoms. The molecule has 3 atom stereocenters. The van der Waals surface area contributed by atoms with Gasteiger partial charge in [-0.05, 0) is 30.6 Å². The standard InChI is InChI=1S/C16H31N3O3S/c1-6-18(9-15-12-22-11-14(15)3)8-13(2)7-17(4)16(23-5)10-19(20)21/h10,13-15H,6-9,11-12H2,1-5H3. The topological polar surface area (TPSA) is 58.9 Å². The molecule has 1 aliphatic heterocycles. The minimum atomic E-state index is -0.382. The van der Waals surface area contributed by atoms with E-state index in [1.807, 2.05) is 18.2 Å². The van der Waals surface area contributed by atoms with Crippen LogP contribution >= 0.6 is 11.8 Å². The predicted octanol–water partition coefficient (Wildman–Crippen LogP) is 2.60. The molecule has 134 valence electrons. The number of hydrogen-bond donors (Lipinski definition) is 0. The van der Waals surface area contributed by atoms with Crippen LogP contribution in [0.2, 0.25) is 0 Å². The zero-order chi connectivity index (χ0) is 17.4. The molecule has 1 fully saturated rings. The van der Waals surface area contributed by atoms with Crippen molar-refractivity contribution < 1.29 is 9.66 Å². The fourth-order valence-corrected chi connectivity index (χ4v) is 3.63. The Kier molecular flexibility index (Phi) is 8.94. The number of nitrogens with zero attached hydrogens (tertiary/aromatic N) is 3. The van der Waals surface area contributed by atoms with E-state index in [2.05, 4.69) is 25.7 Å². The quantitative estimate of drug-likeness (QED) is 0.448. The normalized spacial score (nSPS) is 23.3. The summed E-state index contributed by atoms with van der Waals surface area (Å²) in [5.41, 5.74) is 0. The van der Waals surface area contributed by atoms with Crippen molar-refractivity contribution in [1.82, 2.24) is 9.80 Å². The first-order valence-corrected chi connectivity index (χ1v) is 9.50. The van der Waals surface area contributed by atoms with Crippen LogP contribution in [0.4, 0.5) is 0 Å². The first-order valence-electron chi connectivity index (χ1n) is 8.27. The van der Waals surface area contributed by atoms with Crippen LogP contribution in [0.3, 0.4) is 0 Å². The Morgan fingerprint density at radius 3 is 2.65 bits per heavy atom. The fraction of sp³-hybridized carbons (Fsp3) is 0.875. The van der Waals surface area contributed by atoms with E-state index in [9.17, 15) is 10.1 Å². The van der Waals surface area contributed by atoms with Gasteiger partial charge < -0.3 is 14.5 Å². The molecule has 0 spiro atoms. The summed E-state index contributed by atoms with van der Waals surface area (Å²) in [7, 11) is 1.92. The molecular formula is C16H31N3O3S. The van der Waals surface area contributed by atoms with Gasteiger partial charge in [0.05, 0.1) is 11.5 Å². The first-order chi connectivity index (χ1) is 10.9. The van der Waals surface area contributed by atoms with Crippen LogP contribution in [0.1, 0.15) is 20.8 Å². The third-order valence-corrected chi connectivity index (χ3v) is 5.25. The van der Waals surface area contributed by atoms with E-state index in [4.69, 9.17) is 4.74 Å². The first kappa shape index (κ1) is 20.3. The van der Waals surface area contributed by atoms with E-state index in [-0.39, 0.29) is 4.92 Å². The molecule has 0 aliphatic carbocycles. The van der Waals surface area contributed by atoms with E-state index in [0.717, 1.165) is 45.6 Å². The summed E-state index contributed by atoms with van der Waals surface area (Å²) >= 11 is 1.41. The molecule has 3 unspecified atom stereocenters. The van der Waals surface area contributed by atoms with Crippen LogP contribution < -0.4 is 0 Å². The number of rotatable bonds is 10. The van der Waals surface area contributed by atoms with Crippen LogP contribution in [0.5, 0.6) is 0 Å². The Bertz CT molecular complexity index is 406. The summed E-state index contributed by atoms with van der Waals surface area (Å²) in [6.07, 6.45) is 2.96. The summed E-state index contributed by atoms with van der Waals surface area (Å²) in [4.78, 5) is 14.7. The lowest BCUT2D eigenvalue weighted by atomic mass is 9.97.